The van der Waals surface area contributed by atoms with Crippen molar-refractivity contribution in [3.05, 3.63) is 75.5 Å². The Morgan fingerprint density at radius 2 is 1.79 bits per heavy atom. The van der Waals surface area contributed by atoms with Gasteiger partial charge in [0.05, 0.1) is 11.9 Å². The highest BCUT2D eigenvalue weighted by Crippen LogP contribution is 2.25. The van der Waals surface area contributed by atoms with Crippen LogP contribution in [0.3, 0.4) is 0 Å². The summed E-state index contributed by atoms with van der Waals surface area (Å²) in [5.74, 6) is -0.493. The number of aromatic nitrogens is 2. The van der Waals surface area contributed by atoms with Crippen LogP contribution in [0.5, 0.6) is 0 Å². The summed E-state index contributed by atoms with van der Waals surface area (Å²) in [7, 11) is 1.71. The van der Waals surface area contributed by atoms with Crippen LogP contribution < -0.4 is 4.57 Å². The molecular weight excluding hydrogens is 324 g/mol. The molecule has 2 heterocycles. The van der Waals surface area contributed by atoms with E-state index in [1.807, 2.05) is 11.4 Å². The molecule has 0 atom stereocenters. The summed E-state index contributed by atoms with van der Waals surface area (Å²) in [5, 5.41) is 1.84. The van der Waals surface area contributed by atoms with Crippen LogP contribution >= 0.6 is 11.3 Å². The third kappa shape index (κ3) is 2.07. The molecule has 0 saturated heterocycles. The fraction of sp³-hybridized carbons (Fsp3) is 0.111. The summed E-state index contributed by atoms with van der Waals surface area (Å²) in [6.07, 6.45) is 1.64. The van der Waals surface area contributed by atoms with Crippen molar-refractivity contribution >= 4 is 28.7 Å². The first kappa shape index (κ1) is 14.7. The molecule has 1 aliphatic rings. The Morgan fingerprint density at radius 3 is 2.46 bits per heavy atom. The fourth-order valence-corrected chi connectivity index (χ4v) is 3.71. The van der Waals surface area contributed by atoms with Gasteiger partial charge in [0.15, 0.2) is 6.54 Å². The quantitative estimate of drug-likeness (QED) is 0.424. The van der Waals surface area contributed by atoms with E-state index in [1.165, 1.54) is 11.3 Å². The van der Waals surface area contributed by atoms with Crippen LogP contribution in [0.15, 0.2) is 48.1 Å². The predicted molar refractivity (Wildman–Crippen MR) is 87.6 cm³/mol. The monoisotopic (exact) mass is 337 g/mol. The van der Waals surface area contributed by atoms with Crippen molar-refractivity contribution < 1.29 is 19.0 Å². The van der Waals surface area contributed by atoms with Crippen LogP contribution in [0.1, 0.15) is 41.8 Å². The van der Waals surface area contributed by atoms with Gasteiger partial charge in [-0.25, -0.2) is 9.13 Å². The molecule has 0 fully saturated rings. The SMILES string of the molecule is C[n+]1cn(CC(=O)c2cccs2)c2c1C(=O)c1ccccc1C2=O. The molecule has 4 rings (SSSR count). The van der Waals surface area contributed by atoms with Crippen molar-refractivity contribution in [1.82, 2.24) is 4.57 Å². The highest BCUT2D eigenvalue weighted by molar-refractivity contribution is 7.12. The van der Waals surface area contributed by atoms with Crippen LogP contribution in [-0.2, 0) is 13.6 Å². The van der Waals surface area contributed by atoms with Crippen molar-refractivity contribution in [2.24, 2.45) is 7.05 Å². The number of Topliss-reactive ketones (excluding diaryl/α,β-unsaturated/α-hetero) is 1. The molecule has 0 radical (unpaired) electrons. The molecule has 0 saturated carbocycles. The number of fused-ring (bicyclic) bond motifs is 2. The fourth-order valence-electron chi connectivity index (χ4n) is 3.06. The van der Waals surface area contributed by atoms with Gasteiger partial charge in [-0.15, -0.1) is 11.3 Å². The van der Waals surface area contributed by atoms with Crippen LogP contribution in [-0.4, -0.2) is 21.9 Å². The first-order chi connectivity index (χ1) is 11.6. The summed E-state index contributed by atoms with van der Waals surface area (Å²) in [5.41, 5.74) is 1.41. The maximum Gasteiger partial charge on any atom is 0.245 e. The first-order valence-corrected chi connectivity index (χ1v) is 8.30. The molecule has 0 bridgehead atoms. The minimum absolute atomic E-state index is 0.0326. The molecule has 0 aliphatic heterocycles. The zero-order valence-electron chi connectivity index (χ0n) is 12.9. The Kier molecular flexibility index (Phi) is 3.28. The summed E-state index contributed by atoms with van der Waals surface area (Å²) < 4.78 is 3.20. The van der Waals surface area contributed by atoms with Gasteiger partial charge in [-0.2, -0.15) is 0 Å². The number of carbonyl (C=O) groups excluding carboxylic acids is 3. The average molecular weight is 337 g/mol. The summed E-state index contributed by atoms with van der Waals surface area (Å²) in [6.45, 7) is 0.0326. The Balaban J connectivity index is 1.82. The van der Waals surface area contributed by atoms with E-state index in [4.69, 9.17) is 0 Å². The van der Waals surface area contributed by atoms with Gasteiger partial charge >= 0.3 is 0 Å². The molecule has 1 aliphatic carbocycles. The molecule has 0 amide bonds. The molecular formula is C18H13N2O3S+. The standard InChI is InChI=1S/C18H13N2O3S/c1-19-10-20(9-13(21)14-7-4-8-24-14)16-15(19)17(22)11-5-2-3-6-12(11)18(16)23/h2-8,10H,9H2,1H3/q+1. The van der Waals surface area contributed by atoms with E-state index in [9.17, 15) is 14.4 Å². The van der Waals surface area contributed by atoms with Crippen LogP contribution in [0.4, 0.5) is 0 Å². The number of hydrogen-bond acceptors (Lipinski definition) is 4. The maximum atomic E-state index is 12.9. The molecule has 5 nitrogen and oxygen atoms in total. The number of benzene rings is 1. The molecule has 118 valence electrons. The van der Waals surface area contributed by atoms with Gasteiger partial charge in [0, 0.05) is 11.1 Å². The second-order valence-electron chi connectivity index (χ2n) is 5.66. The van der Waals surface area contributed by atoms with E-state index in [0.717, 1.165) is 0 Å². The van der Waals surface area contributed by atoms with Gasteiger partial charge in [-0.1, -0.05) is 30.3 Å². The molecule has 1 aromatic carbocycles. The zero-order chi connectivity index (χ0) is 16.8. The number of nitrogens with zero attached hydrogens (tertiary/aromatic N) is 2. The summed E-state index contributed by atoms with van der Waals surface area (Å²) >= 11 is 1.36. The highest BCUT2D eigenvalue weighted by atomic mass is 32.1. The molecule has 6 heteroatoms. The molecule has 2 aromatic heterocycles. The van der Waals surface area contributed by atoms with E-state index in [-0.39, 0.29) is 29.6 Å². The Bertz CT molecular complexity index is 999. The zero-order valence-corrected chi connectivity index (χ0v) is 13.7. The second-order valence-corrected chi connectivity index (χ2v) is 6.60. The summed E-state index contributed by atoms with van der Waals surface area (Å²) in [4.78, 5) is 38.6. The minimum Gasteiger partial charge on any atom is -0.289 e. The third-order valence-electron chi connectivity index (χ3n) is 4.13. The summed E-state index contributed by atoms with van der Waals surface area (Å²) in [6, 6.07) is 10.4. The van der Waals surface area contributed by atoms with Crippen LogP contribution in [0.25, 0.3) is 0 Å². The van der Waals surface area contributed by atoms with E-state index < -0.39 is 0 Å². The predicted octanol–water partition coefficient (Wildman–Crippen LogP) is 2.03. The minimum atomic E-state index is -0.222. The Morgan fingerprint density at radius 1 is 1.08 bits per heavy atom. The van der Waals surface area contributed by atoms with E-state index >= 15 is 0 Å². The lowest BCUT2D eigenvalue weighted by molar-refractivity contribution is -0.672. The van der Waals surface area contributed by atoms with E-state index in [0.29, 0.717) is 21.7 Å². The number of ketones is 3. The number of aryl methyl sites for hydroxylation is 1. The third-order valence-corrected chi connectivity index (χ3v) is 5.04. The van der Waals surface area contributed by atoms with Gasteiger partial charge in [-0.3, -0.25) is 14.4 Å². The van der Waals surface area contributed by atoms with Crippen molar-refractivity contribution in [2.75, 3.05) is 0 Å². The Hall–Kier alpha value is -2.86. The first-order valence-electron chi connectivity index (χ1n) is 7.42. The lowest BCUT2D eigenvalue weighted by Gasteiger charge is -2.12. The lowest BCUT2D eigenvalue weighted by Crippen LogP contribution is -2.36. The van der Waals surface area contributed by atoms with E-state index in [2.05, 4.69) is 0 Å². The highest BCUT2D eigenvalue weighted by Gasteiger charge is 2.40. The molecule has 0 unspecified atom stereocenters. The van der Waals surface area contributed by atoms with E-state index in [1.54, 1.807) is 52.8 Å². The maximum absolute atomic E-state index is 12.9. The number of thiophene rings is 1. The van der Waals surface area contributed by atoms with Gasteiger partial charge in [0.1, 0.15) is 0 Å². The smallest absolute Gasteiger partial charge is 0.245 e. The molecule has 0 spiro atoms. The topological polar surface area (TPSA) is 60.0 Å². The largest absolute Gasteiger partial charge is 0.289 e. The van der Waals surface area contributed by atoms with Gasteiger partial charge in [0.2, 0.25) is 35.1 Å². The van der Waals surface area contributed by atoms with Crippen molar-refractivity contribution in [1.29, 1.82) is 0 Å². The van der Waals surface area contributed by atoms with Crippen molar-refractivity contribution in [2.45, 2.75) is 6.54 Å². The van der Waals surface area contributed by atoms with Crippen LogP contribution in [0.2, 0.25) is 0 Å². The van der Waals surface area contributed by atoms with Crippen molar-refractivity contribution in [3.8, 4) is 0 Å². The average Bonchev–Trinajstić information content (AvgIpc) is 3.21. The van der Waals surface area contributed by atoms with Gasteiger partial charge < -0.3 is 0 Å². The molecule has 0 N–H and O–H groups in total. The number of hydrogen-bond donors (Lipinski definition) is 0. The second kappa shape index (κ2) is 5.35. The Labute approximate surface area is 141 Å². The number of rotatable bonds is 3. The molecule has 3 aromatic rings. The normalized spacial score (nSPS) is 12.9. The molecule has 24 heavy (non-hydrogen) atoms. The van der Waals surface area contributed by atoms with Gasteiger partial charge in [0.25, 0.3) is 0 Å². The lowest BCUT2D eigenvalue weighted by atomic mass is 9.90. The van der Waals surface area contributed by atoms with Crippen molar-refractivity contribution in [3.63, 3.8) is 0 Å². The number of carbonyl (C=O) groups is 3. The van der Waals surface area contributed by atoms with Gasteiger partial charge in [-0.05, 0) is 11.4 Å². The van der Waals surface area contributed by atoms with Crippen LogP contribution in [0, 0.1) is 0 Å². The number of imidazole rings is 1.